The first-order valence-corrected chi connectivity index (χ1v) is 1.80. The van der Waals surface area contributed by atoms with Gasteiger partial charge in [-0.05, 0) is 11.6 Å². The van der Waals surface area contributed by atoms with E-state index in [0.29, 0.717) is 6.54 Å². The van der Waals surface area contributed by atoms with Crippen molar-refractivity contribution in [3.8, 4) is 0 Å². The van der Waals surface area contributed by atoms with E-state index >= 15 is 0 Å². The summed E-state index contributed by atoms with van der Waals surface area (Å²) in [6.07, 6.45) is 0. The number of hydrogen-bond donors (Lipinski definition) is 1. The van der Waals surface area contributed by atoms with E-state index in [-0.39, 0.29) is 6.61 Å². The molecule has 38 valence electrons. The van der Waals surface area contributed by atoms with Gasteiger partial charge in [0.25, 0.3) is 0 Å². The van der Waals surface area contributed by atoms with Crippen LogP contribution in [0.15, 0.2) is 0 Å². The average Bonchev–Trinajstić information content (AvgIpc) is 1.61. The molecular formula is C3H8FNO. The van der Waals surface area contributed by atoms with Gasteiger partial charge < -0.3 is 5.32 Å². The monoisotopic (exact) mass is 93.1 g/mol. The van der Waals surface area contributed by atoms with Crippen LogP contribution in [0.5, 0.6) is 0 Å². The molecule has 0 rings (SSSR count). The van der Waals surface area contributed by atoms with Gasteiger partial charge in [0.05, 0.1) is 6.61 Å². The lowest BCUT2D eigenvalue weighted by Gasteiger charge is -1.87. The van der Waals surface area contributed by atoms with E-state index < -0.39 is 0 Å². The molecule has 0 fully saturated rings. The second kappa shape index (κ2) is 4.85. The first-order chi connectivity index (χ1) is 2.91. The lowest BCUT2D eigenvalue weighted by atomic mass is 10.7. The molecule has 0 aliphatic heterocycles. The molecule has 0 heterocycles. The lowest BCUT2D eigenvalue weighted by Crippen LogP contribution is -2.11. The van der Waals surface area contributed by atoms with Crippen molar-refractivity contribution < 1.29 is 9.47 Å². The number of halogens is 1. The minimum absolute atomic E-state index is 0.135. The van der Waals surface area contributed by atoms with Gasteiger partial charge in [-0.25, -0.2) is 0 Å². The first kappa shape index (κ1) is 5.85. The summed E-state index contributed by atoms with van der Waals surface area (Å²) in [5.41, 5.74) is 0. The molecule has 0 saturated carbocycles. The Bertz CT molecular complexity index is 22.8. The fourth-order valence-corrected chi connectivity index (χ4v) is 0.141. The SMILES string of the molecule is CNCCOF. The molecule has 0 spiro atoms. The largest absolute Gasteiger partial charge is 0.317 e. The van der Waals surface area contributed by atoms with Crippen LogP contribution in [-0.4, -0.2) is 20.2 Å². The molecule has 0 aliphatic rings. The molecule has 0 radical (unpaired) electrons. The molecule has 3 heteroatoms. The summed E-state index contributed by atoms with van der Waals surface area (Å²) in [6, 6.07) is 0. The van der Waals surface area contributed by atoms with Crippen LogP contribution in [0.1, 0.15) is 0 Å². The number of hydrogen-bond acceptors (Lipinski definition) is 2. The van der Waals surface area contributed by atoms with E-state index in [2.05, 4.69) is 10.3 Å². The summed E-state index contributed by atoms with van der Waals surface area (Å²) < 4.78 is 10.6. The molecule has 1 N–H and O–H groups in total. The fourth-order valence-electron chi connectivity index (χ4n) is 0.141. The molecule has 0 amide bonds. The van der Waals surface area contributed by atoms with Crippen LogP contribution in [0.25, 0.3) is 0 Å². The van der Waals surface area contributed by atoms with E-state index in [0.717, 1.165) is 0 Å². The van der Waals surface area contributed by atoms with Gasteiger partial charge in [0.15, 0.2) is 0 Å². The predicted octanol–water partition coefficient (Wildman–Crippen LogP) is 0.107. The van der Waals surface area contributed by atoms with Crippen LogP contribution in [0.3, 0.4) is 0 Å². The molecule has 0 aliphatic carbocycles. The fraction of sp³-hybridized carbons (Fsp3) is 1.00. The summed E-state index contributed by atoms with van der Waals surface area (Å²) in [7, 11) is 1.74. The van der Waals surface area contributed by atoms with Crippen molar-refractivity contribution >= 4 is 0 Å². The van der Waals surface area contributed by atoms with Crippen molar-refractivity contribution in [2.24, 2.45) is 0 Å². The number of rotatable bonds is 3. The van der Waals surface area contributed by atoms with Gasteiger partial charge in [-0.3, -0.25) is 0 Å². The molecule has 0 bridgehead atoms. The van der Waals surface area contributed by atoms with Crippen molar-refractivity contribution in [2.75, 3.05) is 20.2 Å². The zero-order valence-corrected chi connectivity index (χ0v) is 3.70. The molecule has 0 aromatic carbocycles. The molecule has 0 aromatic rings. The second-order valence-electron chi connectivity index (χ2n) is 0.917. The smallest absolute Gasteiger partial charge is 0.1000 e. The molecule has 0 saturated heterocycles. The van der Waals surface area contributed by atoms with Gasteiger partial charge in [0.1, 0.15) is 0 Å². The quantitative estimate of drug-likeness (QED) is 0.500. The maximum Gasteiger partial charge on any atom is 0.1000 e. The summed E-state index contributed by atoms with van der Waals surface area (Å²) in [4.78, 5) is 3.22. The Morgan fingerprint density at radius 1 is 1.83 bits per heavy atom. The van der Waals surface area contributed by atoms with Gasteiger partial charge in [-0.1, -0.05) is 0 Å². The van der Waals surface area contributed by atoms with Gasteiger partial charge >= 0.3 is 0 Å². The molecule has 0 unspecified atom stereocenters. The Morgan fingerprint density at radius 2 is 2.50 bits per heavy atom. The predicted molar refractivity (Wildman–Crippen MR) is 21.0 cm³/mol. The zero-order valence-electron chi connectivity index (χ0n) is 3.70. The molecule has 0 atom stereocenters. The van der Waals surface area contributed by atoms with Crippen molar-refractivity contribution in [1.29, 1.82) is 0 Å². The minimum atomic E-state index is 0.135. The highest BCUT2D eigenvalue weighted by molar-refractivity contribution is 4.29. The summed E-state index contributed by atoms with van der Waals surface area (Å²) in [6.45, 7) is 0.701. The Labute approximate surface area is 36.2 Å². The maximum absolute atomic E-state index is 10.6. The lowest BCUT2D eigenvalue weighted by molar-refractivity contribution is -0.129. The van der Waals surface area contributed by atoms with Crippen molar-refractivity contribution in [1.82, 2.24) is 5.32 Å². The number of nitrogens with one attached hydrogen (secondary N) is 1. The maximum atomic E-state index is 10.6. The van der Waals surface area contributed by atoms with E-state index in [1.807, 2.05) is 0 Å². The summed E-state index contributed by atoms with van der Waals surface area (Å²) in [5, 5.41) is 2.70. The normalized spacial score (nSPS) is 9.00. The van der Waals surface area contributed by atoms with Crippen molar-refractivity contribution in [3.05, 3.63) is 0 Å². The topological polar surface area (TPSA) is 21.3 Å². The highest BCUT2D eigenvalue weighted by Crippen LogP contribution is 1.66. The first-order valence-electron chi connectivity index (χ1n) is 1.80. The van der Waals surface area contributed by atoms with E-state index in [1.54, 1.807) is 7.05 Å². The number of likely N-dealkylation sites (N-methyl/N-ethyl adjacent to an activating group) is 1. The van der Waals surface area contributed by atoms with Crippen LogP contribution in [0, 0.1) is 0 Å². The Morgan fingerprint density at radius 3 is 2.67 bits per heavy atom. The third-order valence-electron chi connectivity index (χ3n) is 0.429. The van der Waals surface area contributed by atoms with Gasteiger partial charge in [-0.2, -0.15) is 4.94 Å². The summed E-state index contributed by atoms with van der Waals surface area (Å²) in [5.74, 6) is 0. The third-order valence-corrected chi connectivity index (χ3v) is 0.429. The standard InChI is InChI=1S/C3H8FNO/c1-5-2-3-6-4/h5H,2-3H2,1H3. The molecular weight excluding hydrogens is 85.0 g/mol. The molecule has 6 heavy (non-hydrogen) atoms. The Balaban J connectivity index is 2.34. The van der Waals surface area contributed by atoms with E-state index in [9.17, 15) is 4.53 Å². The van der Waals surface area contributed by atoms with Gasteiger partial charge in [-0.15, -0.1) is 0 Å². The van der Waals surface area contributed by atoms with E-state index in [1.165, 1.54) is 0 Å². The van der Waals surface area contributed by atoms with Crippen LogP contribution in [-0.2, 0) is 4.94 Å². The van der Waals surface area contributed by atoms with Crippen LogP contribution >= 0.6 is 0 Å². The summed E-state index contributed by atoms with van der Waals surface area (Å²) >= 11 is 0. The molecule has 0 aromatic heterocycles. The average molecular weight is 93.1 g/mol. The van der Waals surface area contributed by atoms with E-state index in [4.69, 9.17) is 0 Å². The van der Waals surface area contributed by atoms with Gasteiger partial charge in [0.2, 0.25) is 0 Å². The minimum Gasteiger partial charge on any atom is -0.317 e. The van der Waals surface area contributed by atoms with Crippen LogP contribution in [0.2, 0.25) is 0 Å². The molecule has 2 nitrogen and oxygen atoms in total. The van der Waals surface area contributed by atoms with Crippen LogP contribution < -0.4 is 5.32 Å². The Kier molecular flexibility index (Phi) is 4.73. The highest BCUT2D eigenvalue weighted by atomic mass is 19.3. The highest BCUT2D eigenvalue weighted by Gasteiger charge is 1.76. The zero-order chi connectivity index (χ0) is 4.83. The Hall–Kier alpha value is -0.150. The third kappa shape index (κ3) is 3.85. The second-order valence-corrected chi connectivity index (χ2v) is 0.917. The van der Waals surface area contributed by atoms with Crippen molar-refractivity contribution in [2.45, 2.75) is 0 Å². The van der Waals surface area contributed by atoms with Gasteiger partial charge in [0, 0.05) is 6.54 Å². The van der Waals surface area contributed by atoms with Crippen LogP contribution in [0.4, 0.5) is 4.53 Å². The van der Waals surface area contributed by atoms with Crippen molar-refractivity contribution in [3.63, 3.8) is 0 Å².